The zero-order chi connectivity index (χ0) is 17.3. The molecule has 6 nitrogen and oxygen atoms in total. The standard InChI is InChI=1S/C15H23NO5Si/c1-10-11(9-21-22(5,6)15(2,3)4)7-8-12(14(17)18)13(10)16(19)20/h7-8H,9H2,1-6H3,(H,17,18). The topological polar surface area (TPSA) is 89.7 Å². The fourth-order valence-corrected chi connectivity index (χ4v) is 2.73. The van der Waals surface area contributed by atoms with Crippen LogP contribution in [0.15, 0.2) is 12.1 Å². The molecule has 0 heterocycles. The van der Waals surface area contributed by atoms with Crippen molar-refractivity contribution in [2.45, 2.75) is 52.4 Å². The summed E-state index contributed by atoms with van der Waals surface area (Å²) in [4.78, 5) is 21.6. The zero-order valence-corrected chi connectivity index (χ0v) is 14.9. The smallest absolute Gasteiger partial charge is 0.342 e. The first-order valence-electron chi connectivity index (χ1n) is 7.02. The van der Waals surface area contributed by atoms with E-state index < -0.39 is 19.2 Å². The van der Waals surface area contributed by atoms with E-state index in [1.165, 1.54) is 6.07 Å². The van der Waals surface area contributed by atoms with Gasteiger partial charge in [-0.25, -0.2) is 4.79 Å². The predicted molar refractivity (Wildman–Crippen MR) is 86.8 cm³/mol. The number of benzene rings is 1. The number of nitro groups is 1. The molecule has 1 aromatic carbocycles. The van der Waals surface area contributed by atoms with Gasteiger partial charge in [-0.1, -0.05) is 26.8 Å². The SMILES string of the molecule is Cc1c(CO[Si](C)(C)C(C)(C)C)ccc(C(=O)O)c1[N+](=O)[O-]. The first kappa shape index (κ1) is 18.3. The maximum Gasteiger partial charge on any atom is 0.342 e. The summed E-state index contributed by atoms with van der Waals surface area (Å²) in [5.74, 6) is -1.30. The molecule has 1 rings (SSSR count). The van der Waals surface area contributed by atoms with E-state index in [-0.39, 0.29) is 22.9 Å². The molecule has 0 aromatic heterocycles. The van der Waals surface area contributed by atoms with Gasteiger partial charge in [0, 0.05) is 5.56 Å². The Morgan fingerprint density at radius 3 is 2.32 bits per heavy atom. The Hall–Kier alpha value is -1.73. The van der Waals surface area contributed by atoms with E-state index in [2.05, 4.69) is 33.9 Å². The van der Waals surface area contributed by atoms with Crippen LogP contribution >= 0.6 is 0 Å². The molecule has 7 heteroatoms. The Balaban J connectivity index is 3.16. The summed E-state index contributed by atoms with van der Waals surface area (Å²) in [5, 5.41) is 20.3. The zero-order valence-electron chi connectivity index (χ0n) is 13.9. The van der Waals surface area contributed by atoms with Crippen molar-refractivity contribution in [3.8, 4) is 0 Å². The van der Waals surface area contributed by atoms with Gasteiger partial charge in [0.25, 0.3) is 5.69 Å². The third-order valence-corrected chi connectivity index (χ3v) is 8.83. The van der Waals surface area contributed by atoms with E-state index in [1.54, 1.807) is 13.0 Å². The van der Waals surface area contributed by atoms with E-state index in [0.29, 0.717) is 11.1 Å². The second-order valence-electron chi connectivity index (χ2n) is 6.86. The molecule has 0 radical (unpaired) electrons. The van der Waals surface area contributed by atoms with Gasteiger partial charge in [0.15, 0.2) is 8.32 Å². The minimum absolute atomic E-state index is 0.0356. The van der Waals surface area contributed by atoms with Crippen LogP contribution in [0.1, 0.15) is 42.3 Å². The number of carboxylic acids is 1. The number of nitro benzene ring substituents is 1. The summed E-state index contributed by atoms with van der Waals surface area (Å²) < 4.78 is 6.06. The maximum atomic E-state index is 11.2. The second kappa shape index (κ2) is 6.17. The van der Waals surface area contributed by atoms with Gasteiger partial charge in [-0.2, -0.15) is 0 Å². The van der Waals surface area contributed by atoms with Gasteiger partial charge >= 0.3 is 5.97 Å². The van der Waals surface area contributed by atoms with Gasteiger partial charge in [-0.3, -0.25) is 10.1 Å². The lowest BCUT2D eigenvalue weighted by molar-refractivity contribution is -0.385. The molecule has 0 saturated carbocycles. The highest BCUT2D eigenvalue weighted by Gasteiger charge is 2.37. The molecule has 1 N–H and O–H groups in total. The summed E-state index contributed by atoms with van der Waals surface area (Å²) in [6, 6.07) is 2.87. The normalized spacial score (nSPS) is 12.3. The maximum absolute atomic E-state index is 11.2. The average Bonchev–Trinajstić information content (AvgIpc) is 2.34. The number of carbonyl (C=O) groups is 1. The lowest BCUT2D eigenvalue weighted by Crippen LogP contribution is -2.40. The molecular weight excluding hydrogens is 302 g/mol. The second-order valence-corrected chi connectivity index (χ2v) is 11.7. The summed E-state index contributed by atoms with van der Waals surface area (Å²) in [6.07, 6.45) is 0. The highest BCUT2D eigenvalue weighted by molar-refractivity contribution is 6.74. The molecule has 0 amide bonds. The Morgan fingerprint density at radius 1 is 1.36 bits per heavy atom. The monoisotopic (exact) mass is 325 g/mol. The van der Waals surface area contributed by atoms with Crippen molar-refractivity contribution in [3.05, 3.63) is 38.9 Å². The molecule has 0 aliphatic rings. The largest absolute Gasteiger partial charge is 0.477 e. The van der Waals surface area contributed by atoms with Gasteiger partial charge in [0.1, 0.15) is 5.56 Å². The lowest BCUT2D eigenvalue weighted by atomic mass is 10.0. The average molecular weight is 325 g/mol. The minimum atomic E-state index is -1.98. The van der Waals surface area contributed by atoms with Crippen molar-refractivity contribution < 1.29 is 19.3 Å². The highest BCUT2D eigenvalue weighted by Crippen LogP contribution is 2.37. The lowest BCUT2D eigenvalue weighted by Gasteiger charge is -2.36. The van der Waals surface area contributed by atoms with Crippen LogP contribution in [-0.2, 0) is 11.0 Å². The molecule has 22 heavy (non-hydrogen) atoms. The van der Waals surface area contributed by atoms with Crippen LogP contribution in [0, 0.1) is 17.0 Å². The number of hydrogen-bond donors (Lipinski definition) is 1. The first-order chi connectivity index (χ1) is 9.88. The van der Waals surface area contributed by atoms with Crippen LogP contribution in [-0.4, -0.2) is 24.3 Å². The van der Waals surface area contributed by atoms with Crippen LogP contribution in [0.4, 0.5) is 5.69 Å². The van der Waals surface area contributed by atoms with Crippen LogP contribution in [0.25, 0.3) is 0 Å². The van der Waals surface area contributed by atoms with E-state index in [9.17, 15) is 14.9 Å². The van der Waals surface area contributed by atoms with Crippen molar-refractivity contribution in [3.63, 3.8) is 0 Å². The van der Waals surface area contributed by atoms with E-state index in [4.69, 9.17) is 9.53 Å². The van der Waals surface area contributed by atoms with Gasteiger partial charge in [-0.15, -0.1) is 0 Å². The molecule has 122 valence electrons. The van der Waals surface area contributed by atoms with Gasteiger partial charge in [0.05, 0.1) is 11.5 Å². The summed E-state index contributed by atoms with van der Waals surface area (Å²) >= 11 is 0. The molecule has 0 atom stereocenters. The number of aromatic carboxylic acids is 1. The molecule has 0 unspecified atom stereocenters. The van der Waals surface area contributed by atoms with Crippen LogP contribution in [0.5, 0.6) is 0 Å². The van der Waals surface area contributed by atoms with Gasteiger partial charge in [0.2, 0.25) is 0 Å². The molecule has 0 saturated heterocycles. The third-order valence-electron chi connectivity index (χ3n) is 4.35. The molecule has 0 fully saturated rings. The van der Waals surface area contributed by atoms with Crippen molar-refractivity contribution in [2.75, 3.05) is 0 Å². The number of carboxylic acid groups (broad SMARTS) is 1. The van der Waals surface area contributed by atoms with Crippen molar-refractivity contribution in [1.82, 2.24) is 0 Å². The van der Waals surface area contributed by atoms with Crippen LogP contribution in [0.3, 0.4) is 0 Å². The fourth-order valence-electron chi connectivity index (χ4n) is 1.78. The van der Waals surface area contributed by atoms with Crippen molar-refractivity contribution in [1.29, 1.82) is 0 Å². The summed E-state index contributed by atoms with van der Waals surface area (Å²) in [5.41, 5.74) is 0.354. The molecule has 0 aliphatic heterocycles. The Labute approximate surface area is 131 Å². The Bertz CT molecular complexity index is 605. The summed E-state index contributed by atoms with van der Waals surface area (Å²) in [7, 11) is -1.98. The van der Waals surface area contributed by atoms with E-state index in [0.717, 1.165) is 0 Å². The molecular formula is C15H23NO5Si. The summed E-state index contributed by atoms with van der Waals surface area (Å²) in [6.45, 7) is 12.4. The molecule has 0 bridgehead atoms. The third kappa shape index (κ3) is 3.72. The molecule has 0 spiro atoms. The fraction of sp³-hybridized carbons (Fsp3) is 0.533. The quantitative estimate of drug-likeness (QED) is 0.499. The molecule has 0 aliphatic carbocycles. The number of rotatable bonds is 5. The minimum Gasteiger partial charge on any atom is -0.477 e. The van der Waals surface area contributed by atoms with Crippen molar-refractivity contribution in [2.24, 2.45) is 0 Å². The number of hydrogen-bond acceptors (Lipinski definition) is 4. The Morgan fingerprint density at radius 2 is 1.91 bits per heavy atom. The predicted octanol–water partition coefficient (Wildman–Crippen LogP) is 4.12. The highest BCUT2D eigenvalue weighted by atomic mass is 28.4. The van der Waals surface area contributed by atoms with Crippen LogP contribution < -0.4 is 0 Å². The first-order valence-corrected chi connectivity index (χ1v) is 9.93. The van der Waals surface area contributed by atoms with Gasteiger partial charge < -0.3 is 9.53 Å². The van der Waals surface area contributed by atoms with Gasteiger partial charge in [-0.05, 0) is 36.7 Å². The number of nitrogens with zero attached hydrogens (tertiary/aromatic N) is 1. The Kier molecular flexibility index (Phi) is 5.14. The van der Waals surface area contributed by atoms with Crippen LogP contribution in [0.2, 0.25) is 18.1 Å². The van der Waals surface area contributed by atoms with E-state index >= 15 is 0 Å². The molecule has 1 aromatic rings. The van der Waals surface area contributed by atoms with Crippen molar-refractivity contribution >= 4 is 20.0 Å². The van der Waals surface area contributed by atoms with E-state index in [1.807, 2.05) is 0 Å².